The molecular weight excluding hydrogens is 391 g/mol. The highest BCUT2D eigenvalue weighted by Gasteiger charge is 2.36. The molecule has 0 bridgehead atoms. The van der Waals surface area contributed by atoms with Gasteiger partial charge in [-0.05, 0) is 37.9 Å². The Morgan fingerprint density at radius 1 is 1.21 bits per heavy atom. The van der Waals surface area contributed by atoms with Gasteiger partial charge in [-0.1, -0.05) is 12.1 Å². The molecule has 1 aromatic heterocycles. The molecule has 0 aliphatic carbocycles. The highest BCUT2D eigenvalue weighted by Crippen LogP contribution is 2.35. The summed E-state index contributed by atoms with van der Waals surface area (Å²) in [7, 11) is 5.33. The van der Waals surface area contributed by atoms with Gasteiger partial charge in [0.25, 0.3) is 11.5 Å². The van der Waals surface area contributed by atoms with Gasteiger partial charge >= 0.3 is 6.18 Å². The van der Waals surface area contributed by atoms with Crippen LogP contribution in [-0.4, -0.2) is 56.3 Å². The molecular formula is C19H22F3N3O4. The van der Waals surface area contributed by atoms with Gasteiger partial charge in [-0.3, -0.25) is 9.59 Å². The van der Waals surface area contributed by atoms with E-state index < -0.39 is 28.9 Å². The number of likely N-dealkylation sites (N-methyl/N-ethyl adjacent to an activating group) is 1. The fourth-order valence-corrected chi connectivity index (χ4v) is 2.63. The van der Waals surface area contributed by atoms with Crippen molar-refractivity contribution >= 4 is 5.91 Å². The molecule has 0 aliphatic heterocycles. The molecule has 0 spiro atoms. The monoisotopic (exact) mass is 413 g/mol. The van der Waals surface area contributed by atoms with Crippen molar-refractivity contribution in [3.8, 4) is 16.9 Å². The Hall–Kier alpha value is -2.85. The molecule has 0 aliphatic rings. The number of alkyl halides is 3. The van der Waals surface area contributed by atoms with E-state index in [2.05, 4.69) is 0 Å². The zero-order valence-electron chi connectivity index (χ0n) is 16.2. The summed E-state index contributed by atoms with van der Waals surface area (Å²) in [6.07, 6.45) is -4.82. The summed E-state index contributed by atoms with van der Waals surface area (Å²) >= 11 is 0. The molecule has 1 amide bonds. The first-order valence-corrected chi connectivity index (χ1v) is 8.57. The molecule has 1 aromatic carbocycles. The molecule has 0 saturated carbocycles. The van der Waals surface area contributed by atoms with Crippen LogP contribution < -0.4 is 16.0 Å². The van der Waals surface area contributed by atoms with E-state index in [9.17, 15) is 22.8 Å². The van der Waals surface area contributed by atoms with E-state index in [0.29, 0.717) is 19.0 Å². The van der Waals surface area contributed by atoms with Gasteiger partial charge in [-0.25, -0.2) is 0 Å². The first-order valence-electron chi connectivity index (χ1n) is 8.57. The van der Waals surface area contributed by atoms with E-state index in [1.807, 2.05) is 19.0 Å². The van der Waals surface area contributed by atoms with Gasteiger partial charge in [-0.15, -0.1) is 0 Å². The Morgan fingerprint density at radius 3 is 2.31 bits per heavy atom. The van der Waals surface area contributed by atoms with Gasteiger partial charge in [0.05, 0.1) is 12.6 Å². The quantitative estimate of drug-likeness (QED) is 0.691. The molecule has 158 valence electrons. The number of aromatic nitrogens is 1. The minimum absolute atomic E-state index is 0.00571. The Morgan fingerprint density at radius 2 is 1.83 bits per heavy atom. The zero-order valence-corrected chi connectivity index (χ0v) is 16.2. The van der Waals surface area contributed by atoms with Gasteiger partial charge in [0.15, 0.2) is 0 Å². The summed E-state index contributed by atoms with van der Waals surface area (Å²) in [4.78, 5) is 26.7. The summed E-state index contributed by atoms with van der Waals surface area (Å²) in [5.74, 6) is -0.668. The Kier molecular flexibility index (Phi) is 7.04. The lowest BCUT2D eigenvalue weighted by molar-refractivity contribution is -0.140. The minimum atomic E-state index is -4.82. The van der Waals surface area contributed by atoms with Crippen molar-refractivity contribution in [1.82, 2.24) is 9.88 Å². The van der Waals surface area contributed by atoms with Gasteiger partial charge in [0.1, 0.15) is 23.6 Å². The van der Waals surface area contributed by atoms with Crippen molar-refractivity contribution in [3.05, 3.63) is 51.9 Å². The van der Waals surface area contributed by atoms with Crippen molar-refractivity contribution < 1.29 is 27.4 Å². The maximum atomic E-state index is 13.4. The number of carbonyl (C=O) groups is 1. The number of carbonyl (C=O) groups excluding carboxylic acids is 1. The predicted octanol–water partition coefficient (Wildman–Crippen LogP) is 2.12. The lowest BCUT2D eigenvalue weighted by Crippen LogP contribution is -2.37. The van der Waals surface area contributed by atoms with E-state index in [1.54, 1.807) is 12.1 Å². The molecule has 7 nitrogen and oxygen atoms in total. The molecule has 0 fully saturated rings. The van der Waals surface area contributed by atoms with Crippen LogP contribution in [0.1, 0.15) is 16.1 Å². The number of benzene rings is 1. The number of hydrogen-bond acceptors (Lipinski definition) is 5. The van der Waals surface area contributed by atoms with Crippen LogP contribution in [0, 0.1) is 0 Å². The third-order valence-corrected chi connectivity index (χ3v) is 4.29. The molecule has 3 N–H and O–H groups in total. The Balaban J connectivity index is 2.34. The number of nitrogens with one attached hydrogen (secondary N) is 1. The number of halogens is 3. The van der Waals surface area contributed by atoms with Crippen LogP contribution in [0.5, 0.6) is 5.75 Å². The van der Waals surface area contributed by atoms with E-state index in [-0.39, 0.29) is 17.2 Å². The minimum Gasteiger partial charge on any atom is -0.492 e. The molecule has 1 atom stereocenters. The average Bonchev–Trinajstić information content (AvgIpc) is 2.64. The standard InChI is InChI=1S/C19H22F3N3O4/c1-25(2)12(9-28-3)10-29-13-6-4-11(5-7-13)14-8-15(17(23)26)18(27)24-16(14)19(20,21)22/h4-8,12H,9-10H2,1-3H3,(H2,23,26)(H,24,27). The molecule has 1 unspecified atom stereocenters. The summed E-state index contributed by atoms with van der Waals surface area (Å²) < 4.78 is 50.9. The number of hydrogen-bond donors (Lipinski definition) is 2. The second kappa shape index (κ2) is 9.10. The predicted molar refractivity (Wildman–Crippen MR) is 101 cm³/mol. The van der Waals surface area contributed by atoms with Gasteiger partial charge in [0, 0.05) is 12.7 Å². The zero-order chi connectivity index (χ0) is 21.8. The highest BCUT2D eigenvalue weighted by molar-refractivity contribution is 5.93. The number of aromatic amines is 1. The number of nitrogens with two attached hydrogens (primary N) is 1. The number of primary amides is 1. The summed E-state index contributed by atoms with van der Waals surface area (Å²) in [6.45, 7) is 0.770. The average molecular weight is 413 g/mol. The van der Waals surface area contributed by atoms with Crippen molar-refractivity contribution in [3.63, 3.8) is 0 Å². The number of nitrogens with zero attached hydrogens (tertiary/aromatic N) is 1. The third-order valence-electron chi connectivity index (χ3n) is 4.29. The topological polar surface area (TPSA) is 97.6 Å². The highest BCUT2D eigenvalue weighted by atomic mass is 19.4. The van der Waals surface area contributed by atoms with E-state index in [0.717, 1.165) is 6.07 Å². The molecule has 0 saturated heterocycles. The molecule has 2 aromatic rings. The summed E-state index contributed by atoms with van der Waals surface area (Å²) in [5, 5.41) is 0. The number of H-pyrrole nitrogens is 1. The summed E-state index contributed by atoms with van der Waals surface area (Å²) in [5.41, 5.74) is 1.87. The first-order chi connectivity index (χ1) is 13.5. The van der Waals surface area contributed by atoms with E-state index in [1.165, 1.54) is 24.3 Å². The van der Waals surface area contributed by atoms with Crippen molar-refractivity contribution in [1.29, 1.82) is 0 Å². The molecule has 2 rings (SSSR count). The van der Waals surface area contributed by atoms with Gasteiger partial charge in [-0.2, -0.15) is 13.2 Å². The van der Waals surface area contributed by atoms with Gasteiger partial charge < -0.3 is 25.1 Å². The van der Waals surface area contributed by atoms with E-state index in [4.69, 9.17) is 15.2 Å². The van der Waals surface area contributed by atoms with Crippen LogP contribution in [-0.2, 0) is 10.9 Å². The number of methoxy groups -OCH3 is 1. The van der Waals surface area contributed by atoms with Crippen LogP contribution in [0.25, 0.3) is 11.1 Å². The fourth-order valence-electron chi connectivity index (χ4n) is 2.63. The number of amides is 1. The van der Waals surface area contributed by atoms with E-state index >= 15 is 0 Å². The normalized spacial score (nSPS) is 12.8. The second-order valence-corrected chi connectivity index (χ2v) is 6.57. The van der Waals surface area contributed by atoms with Crippen molar-refractivity contribution in [2.75, 3.05) is 34.4 Å². The Labute approximate surface area is 165 Å². The second-order valence-electron chi connectivity index (χ2n) is 6.57. The largest absolute Gasteiger partial charge is 0.492 e. The maximum Gasteiger partial charge on any atom is 0.431 e. The molecule has 0 radical (unpaired) electrons. The van der Waals surface area contributed by atoms with Gasteiger partial charge in [0.2, 0.25) is 0 Å². The molecule has 1 heterocycles. The maximum absolute atomic E-state index is 13.4. The fraction of sp³-hybridized carbons (Fsp3) is 0.368. The van der Waals surface area contributed by atoms with Crippen LogP contribution in [0.2, 0.25) is 0 Å². The van der Waals surface area contributed by atoms with Crippen molar-refractivity contribution in [2.45, 2.75) is 12.2 Å². The van der Waals surface area contributed by atoms with Crippen LogP contribution in [0.3, 0.4) is 0 Å². The number of pyridine rings is 1. The number of rotatable bonds is 8. The molecule has 10 heteroatoms. The summed E-state index contributed by atoms with van der Waals surface area (Å²) in [6, 6.07) is 6.66. The lowest BCUT2D eigenvalue weighted by Gasteiger charge is -2.23. The molecule has 29 heavy (non-hydrogen) atoms. The third kappa shape index (κ3) is 5.58. The van der Waals surface area contributed by atoms with Crippen LogP contribution >= 0.6 is 0 Å². The SMILES string of the molecule is COCC(COc1ccc(-c2cc(C(N)=O)c(=O)[nH]c2C(F)(F)F)cc1)N(C)C. The number of ether oxygens (including phenoxy) is 2. The smallest absolute Gasteiger partial charge is 0.431 e. The van der Waals surface area contributed by atoms with Crippen LogP contribution in [0.4, 0.5) is 13.2 Å². The Bertz CT molecular complexity index is 908. The van der Waals surface area contributed by atoms with Crippen molar-refractivity contribution in [2.24, 2.45) is 5.73 Å². The first kappa shape index (κ1) is 22.4. The lowest BCUT2D eigenvalue weighted by atomic mass is 10.0. The van der Waals surface area contributed by atoms with Crippen LogP contribution in [0.15, 0.2) is 35.1 Å².